The molecule has 0 spiro atoms. The van der Waals surface area contributed by atoms with Crippen molar-refractivity contribution >= 4 is 12.0 Å². The van der Waals surface area contributed by atoms with E-state index in [1.807, 2.05) is 65.6 Å². The molecule has 144 valence electrons. The van der Waals surface area contributed by atoms with E-state index in [1.165, 1.54) is 0 Å². The topological polar surface area (TPSA) is 29.5 Å². The zero-order valence-corrected chi connectivity index (χ0v) is 16.6. The molecule has 0 aliphatic heterocycles. The molecule has 0 aliphatic carbocycles. The van der Waals surface area contributed by atoms with Crippen molar-refractivity contribution in [2.24, 2.45) is 0 Å². The van der Waals surface area contributed by atoms with Crippen molar-refractivity contribution in [2.75, 3.05) is 13.1 Å². The van der Waals surface area contributed by atoms with Gasteiger partial charge in [0.1, 0.15) is 12.4 Å². The number of carbonyl (C=O) groups excluding carboxylic acids is 1. The van der Waals surface area contributed by atoms with Crippen LogP contribution in [-0.4, -0.2) is 23.9 Å². The normalized spacial score (nSPS) is 10.9. The predicted molar refractivity (Wildman–Crippen MR) is 113 cm³/mol. The van der Waals surface area contributed by atoms with Crippen molar-refractivity contribution in [2.45, 2.75) is 46.1 Å². The van der Waals surface area contributed by atoms with Gasteiger partial charge >= 0.3 is 0 Å². The Hall–Kier alpha value is -2.55. The summed E-state index contributed by atoms with van der Waals surface area (Å²) in [4.78, 5) is 14.5. The molecular formula is C24H31NO2. The summed E-state index contributed by atoms with van der Waals surface area (Å²) in [6.45, 7) is 6.51. The molecule has 0 bridgehead atoms. The fourth-order valence-electron chi connectivity index (χ4n) is 2.75. The second kappa shape index (κ2) is 11.9. The predicted octanol–water partition coefficient (Wildman–Crippen LogP) is 5.71. The second-order valence-corrected chi connectivity index (χ2v) is 6.71. The molecule has 2 aromatic carbocycles. The molecule has 0 N–H and O–H groups in total. The van der Waals surface area contributed by atoms with Crippen molar-refractivity contribution < 1.29 is 9.53 Å². The van der Waals surface area contributed by atoms with Crippen LogP contribution >= 0.6 is 0 Å². The number of unbranched alkanes of at least 4 members (excludes halogenated alkanes) is 2. The number of nitrogens with zero attached hydrogens (tertiary/aromatic N) is 1. The van der Waals surface area contributed by atoms with E-state index in [1.54, 1.807) is 6.08 Å². The molecule has 0 unspecified atom stereocenters. The Morgan fingerprint density at radius 3 is 2.33 bits per heavy atom. The van der Waals surface area contributed by atoms with E-state index < -0.39 is 0 Å². The molecule has 27 heavy (non-hydrogen) atoms. The van der Waals surface area contributed by atoms with Crippen molar-refractivity contribution in [3.63, 3.8) is 0 Å². The molecule has 0 radical (unpaired) electrons. The summed E-state index contributed by atoms with van der Waals surface area (Å²) in [7, 11) is 0. The molecule has 2 rings (SSSR count). The SMILES string of the molecule is CCCCN(CCCC)C(=O)/C=C/c1cccc(OCc2ccccc2)c1. The van der Waals surface area contributed by atoms with Gasteiger partial charge in [-0.1, -0.05) is 69.2 Å². The summed E-state index contributed by atoms with van der Waals surface area (Å²) in [5.74, 6) is 0.898. The van der Waals surface area contributed by atoms with Crippen LogP contribution < -0.4 is 4.74 Å². The molecule has 0 aromatic heterocycles. The van der Waals surface area contributed by atoms with Crippen LogP contribution in [0.15, 0.2) is 60.7 Å². The summed E-state index contributed by atoms with van der Waals surface area (Å²) < 4.78 is 5.86. The first-order valence-corrected chi connectivity index (χ1v) is 9.96. The summed E-state index contributed by atoms with van der Waals surface area (Å²) in [6.07, 6.45) is 7.85. The van der Waals surface area contributed by atoms with Gasteiger partial charge in [-0.3, -0.25) is 4.79 Å². The number of ether oxygens (including phenoxy) is 1. The van der Waals surface area contributed by atoms with E-state index in [0.29, 0.717) is 6.61 Å². The molecule has 2 aromatic rings. The monoisotopic (exact) mass is 365 g/mol. The highest BCUT2D eigenvalue weighted by molar-refractivity contribution is 5.91. The van der Waals surface area contributed by atoms with Crippen LogP contribution in [-0.2, 0) is 11.4 Å². The highest BCUT2D eigenvalue weighted by Gasteiger charge is 2.09. The van der Waals surface area contributed by atoms with Crippen LogP contribution in [0.1, 0.15) is 50.7 Å². The van der Waals surface area contributed by atoms with Crippen molar-refractivity contribution in [3.05, 3.63) is 71.8 Å². The Kier molecular flexibility index (Phi) is 9.19. The molecule has 3 nitrogen and oxygen atoms in total. The number of carbonyl (C=O) groups is 1. The maximum atomic E-state index is 12.5. The Labute approximate surface area is 163 Å². The highest BCUT2D eigenvalue weighted by atomic mass is 16.5. The molecule has 3 heteroatoms. The van der Waals surface area contributed by atoms with Crippen LogP contribution in [0.3, 0.4) is 0 Å². The van der Waals surface area contributed by atoms with E-state index in [9.17, 15) is 4.79 Å². The molecular weight excluding hydrogens is 334 g/mol. The van der Waals surface area contributed by atoms with Gasteiger partial charge in [-0.25, -0.2) is 0 Å². The fraction of sp³-hybridized carbons (Fsp3) is 0.375. The zero-order chi connectivity index (χ0) is 19.3. The lowest BCUT2D eigenvalue weighted by Gasteiger charge is -2.20. The Morgan fingerprint density at radius 1 is 0.963 bits per heavy atom. The number of benzene rings is 2. The average molecular weight is 366 g/mol. The van der Waals surface area contributed by atoms with E-state index >= 15 is 0 Å². The third-order valence-corrected chi connectivity index (χ3v) is 4.40. The van der Waals surface area contributed by atoms with Gasteiger partial charge in [-0.05, 0) is 42.2 Å². The van der Waals surface area contributed by atoms with E-state index in [2.05, 4.69) is 13.8 Å². The van der Waals surface area contributed by atoms with Crippen LogP contribution in [0, 0.1) is 0 Å². The van der Waals surface area contributed by atoms with Crippen LogP contribution in [0.5, 0.6) is 5.75 Å². The van der Waals surface area contributed by atoms with Gasteiger partial charge in [0.15, 0.2) is 0 Å². The van der Waals surface area contributed by atoms with Crippen molar-refractivity contribution in [3.8, 4) is 5.75 Å². The minimum absolute atomic E-state index is 0.0903. The lowest BCUT2D eigenvalue weighted by atomic mass is 10.2. The zero-order valence-electron chi connectivity index (χ0n) is 16.6. The summed E-state index contributed by atoms with van der Waals surface area (Å²) in [6, 6.07) is 18.0. The van der Waals surface area contributed by atoms with Crippen LogP contribution in [0.25, 0.3) is 6.08 Å². The minimum Gasteiger partial charge on any atom is -0.489 e. The molecule has 0 atom stereocenters. The first-order valence-electron chi connectivity index (χ1n) is 9.96. The number of hydrogen-bond acceptors (Lipinski definition) is 2. The van der Waals surface area contributed by atoms with Crippen LogP contribution in [0.4, 0.5) is 0 Å². The maximum Gasteiger partial charge on any atom is 0.246 e. The molecule has 0 heterocycles. The van der Waals surface area contributed by atoms with Gasteiger partial charge in [0, 0.05) is 19.2 Å². The smallest absolute Gasteiger partial charge is 0.246 e. The van der Waals surface area contributed by atoms with Gasteiger partial charge in [0.25, 0.3) is 0 Å². The Morgan fingerprint density at radius 2 is 1.67 bits per heavy atom. The van der Waals surface area contributed by atoms with Crippen molar-refractivity contribution in [1.29, 1.82) is 0 Å². The molecule has 0 saturated carbocycles. The van der Waals surface area contributed by atoms with Gasteiger partial charge in [0.05, 0.1) is 0 Å². The van der Waals surface area contributed by atoms with Gasteiger partial charge < -0.3 is 9.64 Å². The highest BCUT2D eigenvalue weighted by Crippen LogP contribution is 2.16. The Bertz CT molecular complexity index is 701. The van der Waals surface area contributed by atoms with E-state index in [-0.39, 0.29) is 5.91 Å². The van der Waals surface area contributed by atoms with Gasteiger partial charge in [-0.2, -0.15) is 0 Å². The van der Waals surface area contributed by atoms with Crippen molar-refractivity contribution in [1.82, 2.24) is 4.90 Å². The molecule has 1 amide bonds. The third kappa shape index (κ3) is 7.69. The largest absolute Gasteiger partial charge is 0.489 e. The van der Waals surface area contributed by atoms with E-state index in [0.717, 1.165) is 55.6 Å². The Balaban J connectivity index is 1.95. The third-order valence-electron chi connectivity index (χ3n) is 4.40. The number of hydrogen-bond donors (Lipinski definition) is 0. The average Bonchev–Trinajstić information content (AvgIpc) is 2.72. The molecule has 0 fully saturated rings. The number of amides is 1. The van der Waals surface area contributed by atoms with Gasteiger partial charge in [-0.15, -0.1) is 0 Å². The summed E-state index contributed by atoms with van der Waals surface area (Å²) in [5.41, 5.74) is 2.11. The first-order chi connectivity index (χ1) is 13.2. The fourth-order valence-corrected chi connectivity index (χ4v) is 2.75. The number of rotatable bonds is 11. The van der Waals surface area contributed by atoms with Gasteiger partial charge in [0.2, 0.25) is 5.91 Å². The lowest BCUT2D eigenvalue weighted by Crippen LogP contribution is -2.31. The summed E-state index contributed by atoms with van der Waals surface area (Å²) >= 11 is 0. The minimum atomic E-state index is 0.0903. The lowest BCUT2D eigenvalue weighted by molar-refractivity contribution is -0.126. The molecule has 0 saturated heterocycles. The maximum absolute atomic E-state index is 12.5. The quantitative estimate of drug-likeness (QED) is 0.478. The first kappa shape index (κ1) is 20.8. The van der Waals surface area contributed by atoms with Crippen LogP contribution in [0.2, 0.25) is 0 Å². The van der Waals surface area contributed by atoms with E-state index in [4.69, 9.17) is 4.74 Å². The summed E-state index contributed by atoms with van der Waals surface area (Å²) in [5, 5.41) is 0. The molecule has 0 aliphatic rings. The standard InChI is InChI=1S/C24H31NO2/c1-3-5-17-25(18-6-4-2)24(26)16-15-21-13-10-14-23(19-21)27-20-22-11-8-7-9-12-22/h7-16,19H,3-6,17-18,20H2,1-2H3/b16-15+. The second-order valence-electron chi connectivity index (χ2n) is 6.71.